The van der Waals surface area contributed by atoms with E-state index >= 15 is 0 Å². The number of halogens is 2. The van der Waals surface area contributed by atoms with Crippen molar-refractivity contribution in [1.82, 2.24) is 5.32 Å². The van der Waals surface area contributed by atoms with Crippen LogP contribution in [0.4, 0.5) is 0 Å². The molecule has 0 heterocycles. The van der Waals surface area contributed by atoms with Crippen molar-refractivity contribution < 1.29 is 19.8 Å². The zero-order valence-corrected chi connectivity index (χ0v) is 13.6. The molecule has 122 valence electrons. The number of amides is 1. The molecule has 0 aliphatic rings. The number of benzene rings is 1. The first-order valence-electron chi connectivity index (χ1n) is 6.59. The van der Waals surface area contributed by atoms with Crippen LogP contribution in [-0.2, 0) is 9.63 Å². The molecule has 0 aliphatic carbocycles. The molecular weight excluding hydrogens is 331 g/mol. The van der Waals surface area contributed by atoms with Crippen LogP contribution in [0.1, 0.15) is 18.4 Å². The molecule has 1 amide bonds. The summed E-state index contributed by atoms with van der Waals surface area (Å²) in [5.41, 5.74) is 1.26. The second-order valence-corrected chi connectivity index (χ2v) is 5.30. The van der Waals surface area contributed by atoms with E-state index in [0.717, 1.165) is 0 Å². The minimum Gasteiger partial charge on any atom is -0.399 e. The monoisotopic (exact) mass is 348 g/mol. The molecule has 0 saturated heterocycles. The summed E-state index contributed by atoms with van der Waals surface area (Å²) in [6.07, 6.45) is -0.487. The first-order valence-corrected chi connectivity index (χ1v) is 7.34. The molecule has 8 heteroatoms. The van der Waals surface area contributed by atoms with E-state index in [4.69, 9.17) is 38.3 Å². The van der Waals surface area contributed by atoms with Crippen molar-refractivity contribution in [1.29, 1.82) is 0 Å². The van der Waals surface area contributed by atoms with E-state index in [-0.39, 0.29) is 18.9 Å². The first kappa shape index (κ1) is 18.7. The molecule has 1 aromatic carbocycles. The van der Waals surface area contributed by atoms with E-state index < -0.39 is 12.7 Å². The molecule has 6 nitrogen and oxygen atoms in total. The minimum absolute atomic E-state index is 0.00113. The molecular formula is C14H18Cl2N2O4. The Morgan fingerprint density at radius 1 is 1.36 bits per heavy atom. The van der Waals surface area contributed by atoms with Crippen LogP contribution in [0.3, 0.4) is 0 Å². The fraction of sp³-hybridized carbons (Fsp3) is 0.429. The van der Waals surface area contributed by atoms with Gasteiger partial charge in [0.15, 0.2) is 0 Å². The third-order valence-corrected chi connectivity index (χ3v) is 3.53. The van der Waals surface area contributed by atoms with E-state index in [9.17, 15) is 4.79 Å². The van der Waals surface area contributed by atoms with Gasteiger partial charge < -0.3 is 20.4 Å². The Kier molecular flexibility index (Phi) is 8.19. The van der Waals surface area contributed by atoms with Crippen LogP contribution >= 0.6 is 23.2 Å². The Bertz CT molecular complexity index is 538. The van der Waals surface area contributed by atoms with Crippen molar-refractivity contribution in [3.63, 3.8) is 0 Å². The highest BCUT2D eigenvalue weighted by atomic mass is 35.5. The molecule has 1 rings (SSSR count). The zero-order valence-electron chi connectivity index (χ0n) is 12.1. The lowest BCUT2D eigenvalue weighted by Gasteiger charge is -2.10. The first-order chi connectivity index (χ1) is 10.5. The van der Waals surface area contributed by atoms with Crippen LogP contribution < -0.4 is 5.32 Å². The van der Waals surface area contributed by atoms with Crippen LogP contribution in [0.5, 0.6) is 0 Å². The number of nitrogens with one attached hydrogen (secondary N) is 1. The standard InChI is InChI=1S/C14H18Cl2N2O4/c1-22-18-13(9-2-3-11(15)12(16)6-9)4-5-14(21)17-7-10(20)8-19/h2-3,6,10,19-20H,4-5,7-8H2,1H3,(H,17,21). The van der Waals surface area contributed by atoms with Crippen LogP contribution in [0, 0.1) is 0 Å². The molecule has 0 aromatic heterocycles. The Balaban J connectivity index is 2.63. The average Bonchev–Trinajstić information content (AvgIpc) is 2.51. The Labute approximate surface area is 138 Å². The lowest BCUT2D eigenvalue weighted by molar-refractivity contribution is -0.121. The number of aliphatic hydroxyl groups is 2. The normalized spacial score (nSPS) is 12.9. The number of oxime groups is 1. The maximum Gasteiger partial charge on any atom is 0.220 e. The lowest BCUT2D eigenvalue weighted by Crippen LogP contribution is -2.34. The van der Waals surface area contributed by atoms with Crippen LogP contribution in [0.25, 0.3) is 0 Å². The number of aliphatic hydroxyl groups excluding tert-OH is 2. The van der Waals surface area contributed by atoms with E-state index in [0.29, 0.717) is 27.7 Å². The number of carbonyl (C=O) groups is 1. The van der Waals surface area contributed by atoms with Crippen LogP contribution in [0.2, 0.25) is 10.0 Å². The maximum absolute atomic E-state index is 11.7. The predicted molar refractivity (Wildman–Crippen MR) is 85.3 cm³/mol. The van der Waals surface area contributed by atoms with Gasteiger partial charge in [0, 0.05) is 24.9 Å². The zero-order chi connectivity index (χ0) is 16.5. The quantitative estimate of drug-likeness (QED) is 0.491. The third-order valence-electron chi connectivity index (χ3n) is 2.79. The molecule has 3 N–H and O–H groups in total. The summed E-state index contributed by atoms with van der Waals surface area (Å²) in [4.78, 5) is 16.5. The van der Waals surface area contributed by atoms with Gasteiger partial charge in [-0.05, 0) is 12.1 Å². The smallest absolute Gasteiger partial charge is 0.220 e. The lowest BCUT2D eigenvalue weighted by atomic mass is 10.1. The molecule has 0 spiro atoms. The van der Waals surface area contributed by atoms with Crippen LogP contribution in [0.15, 0.2) is 23.4 Å². The molecule has 0 radical (unpaired) electrons. The second-order valence-electron chi connectivity index (χ2n) is 4.49. The number of hydrogen-bond acceptors (Lipinski definition) is 5. The summed E-state index contributed by atoms with van der Waals surface area (Å²) >= 11 is 11.8. The van der Waals surface area contributed by atoms with Crippen molar-refractivity contribution in [2.45, 2.75) is 18.9 Å². The van der Waals surface area contributed by atoms with Crippen molar-refractivity contribution in [2.24, 2.45) is 5.16 Å². The maximum atomic E-state index is 11.7. The predicted octanol–water partition coefficient (Wildman–Crippen LogP) is 1.59. The summed E-state index contributed by atoms with van der Waals surface area (Å²) in [5, 5.41) is 25.1. The van der Waals surface area contributed by atoms with Gasteiger partial charge in [-0.25, -0.2) is 0 Å². The molecule has 1 atom stereocenters. The number of hydrogen-bond donors (Lipinski definition) is 3. The number of carbonyl (C=O) groups excluding carboxylic acids is 1. The van der Waals surface area contributed by atoms with E-state index in [1.165, 1.54) is 7.11 Å². The summed E-state index contributed by atoms with van der Waals surface area (Å²) in [7, 11) is 1.41. The van der Waals surface area contributed by atoms with Gasteiger partial charge in [-0.15, -0.1) is 0 Å². The molecule has 0 aliphatic heterocycles. The Morgan fingerprint density at radius 3 is 2.68 bits per heavy atom. The van der Waals surface area contributed by atoms with E-state index in [1.54, 1.807) is 18.2 Å². The average molecular weight is 349 g/mol. The Morgan fingerprint density at radius 2 is 2.09 bits per heavy atom. The highest BCUT2D eigenvalue weighted by Crippen LogP contribution is 2.23. The van der Waals surface area contributed by atoms with Crippen molar-refractivity contribution in [2.75, 3.05) is 20.3 Å². The van der Waals surface area contributed by atoms with Crippen molar-refractivity contribution in [3.05, 3.63) is 33.8 Å². The largest absolute Gasteiger partial charge is 0.399 e. The minimum atomic E-state index is -0.967. The van der Waals surface area contributed by atoms with Gasteiger partial charge in [0.2, 0.25) is 5.91 Å². The summed E-state index contributed by atoms with van der Waals surface area (Å²) in [6.45, 7) is -0.404. The number of nitrogens with zero attached hydrogens (tertiary/aromatic N) is 1. The fourth-order valence-electron chi connectivity index (χ4n) is 1.65. The van der Waals surface area contributed by atoms with Gasteiger partial charge >= 0.3 is 0 Å². The summed E-state index contributed by atoms with van der Waals surface area (Å²) in [5.74, 6) is -0.267. The second kappa shape index (κ2) is 9.63. The molecule has 0 fully saturated rings. The fourth-order valence-corrected chi connectivity index (χ4v) is 1.94. The van der Waals surface area contributed by atoms with Gasteiger partial charge in [0.25, 0.3) is 0 Å². The van der Waals surface area contributed by atoms with Gasteiger partial charge in [-0.1, -0.05) is 34.4 Å². The van der Waals surface area contributed by atoms with Gasteiger partial charge in [-0.3, -0.25) is 4.79 Å². The third kappa shape index (κ3) is 6.19. The van der Waals surface area contributed by atoms with Gasteiger partial charge in [0.05, 0.1) is 28.5 Å². The van der Waals surface area contributed by atoms with Crippen LogP contribution in [-0.4, -0.2) is 48.2 Å². The number of rotatable bonds is 8. The SMILES string of the molecule is CON=C(CCC(=O)NCC(O)CO)c1ccc(Cl)c(Cl)c1. The molecule has 22 heavy (non-hydrogen) atoms. The highest BCUT2D eigenvalue weighted by molar-refractivity contribution is 6.42. The van der Waals surface area contributed by atoms with Crippen molar-refractivity contribution in [3.8, 4) is 0 Å². The van der Waals surface area contributed by atoms with E-state index in [1.807, 2.05) is 0 Å². The Hall–Kier alpha value is -1.34. The highest BCUT2D eigenvalue weighted by Gasteiger charge is 2.11. The summed E-state index contributed by atoms with van der Waals surface area (Å²) < 4.78 is 0. The van der Waals surface area contributed by atoms with Gasteiger partial charge in [-0.2, -0.15) is 0 Å². The molecule has 0 bridgehead atoms. The van der Waals surface area contributed by atoms with E-state index in [2.05, 4.69) is 10.5 Å². The molecule has 0 saturated carbocycles. The molecule has 1 unspecified atom stereocenters. The van der Waals surface area contributed by atoms with Gasteiger partial charge in [0.1, 0.15) is 7.11 Å². The van der Waals surface area contributed by atoms with Crippen molar-refractivity contribution >= 4 is 34.8 Å². The summed E-state index contributed by atoms with van der Waals surface area (Å²) in [6, 6.07) is 5.02. The topological polar surface area (TPSA) is 91.2 Å². The molecule has 1 aromatic rings.